The van der Waals surface area contributed by atoms with E-state index in [2.05, 4.69) is 15.9 Å². The molecule has 38 heavy (non-hydrogen) atoms. The van der Waals surface area contributed by atoms with Gasteiger partial charge in [-0.25, -0.2) is 4.98 Å². The third-order valence-corrected chi connectivity index (χ3v) is 8.69. The van der Waals surface area contributed by atoms with Gasteiger partial charge in [0.15, 0.2) is 5.13 Å². The Labute approximate surface area is 236 Å². The molecule has 3 aromatic rings. The third kappa shape index (κ3) is 6.40. The van der Waals surface area contributed by atoms with E-state index >= 15 is 0 Å². The summed E-state index contributed by atoms with van der Waals surface area (Å²) in [4.78, 5) is 37.4. The van der Waals surface area contributed by atoms with Crippen LogP contribution in [0.15, 0.2) is 41.3 Å². The molecule has 9 nitrogen and oxygen atoms in total. The van der Waals surface area contributed by atoms with E-state index in [9.17, 15) is 14.9 Å². The van der Waals surface area contributed by atoms with E-state index < -0.39 is 0 Å². The van der Waals surface area contributed by atoms with Crippen LogP contribution in [0.3, 0.4) is 0 Å². The highest BCUT2D eigenvalue weighted by molar-refractivity contribution is 7.98. The fraction of sp³-hybridized carbons (Fsp3) is 0.462. The van der Waals surface area contributed by atoms with Gasteiger partial charge in [0.05, 0.1) is 28.4 Å². The number of thioether (sulfide) groups is 1. The maximum absolute atomic E-state index is 13.9. The van der Waals surface area contributed by atoms with E-state index in [0.717, 1.165) is 60.6 Å². The summed E-state index contributed by atoms with van der Waals surface area (Å²) in [5, 5.41) is 12.6. The minimum Gasteiger partial charge on any atom is -0.379 e. The van der Waals surface area contributed by atoms with Crippen molar-refractivity contribution in [2.24, 2.45) is 0 Å². The van der Waals surface area contributed by atoms with E-state index in [-0.39, 0.29) is 28.9 Å². The minimum atomic E-state index is -0.375. The molecule has 1 aromatic heterocycles. The molecule has 0 atom stereocenters. The average Bonchev–Trinajstić information content (AvgIpc) is 3.36. The molecule has 0 spiro atoms. The Morgan fingerprint density at radius 2 is 1.89 bits per heavy atom. The number of nitrogens with zero attached hydrogens (tertiary/aromatic N) is 5. The lowest BCUT2D eigenvalue weighted by Gasteiger charge is -2.30. The van der Waals surface area contributed by atoms with Crippen molar-refractivity contribution in [1.82, 2.24) is 9.88 Å². The minimum absolute atomic E-state index is 0. The van der Waals surface area contributed by atoms with Gasteiger partial charge in [-0.3, -0.25) is 24.7 Å². The van der Waals surface area contributed by atoms with Crippen LogP contribution < -0.4 is 9.80 Å². The molecule has 5 rings (SSSR count). The smallest absolute Gasteiger partial charge is 0.293 e. The Kier molecular flexibility index (Phi) is 9.83. The number of amides is 1. The number of anilines is 2. The second-order valence-electron chi connectivity index (χ2n) is 9.25. The summed E-state index contributed by atoms with van der Waals surface area (Å²) in [6.07, 6.45) is 5.20. The molecule has 2 saturated heterocycles. The first-order valence-electron chi connectivity index (χ1n) is 12.6. The van der Waals surface area contributed by atoms with Crippen molar-refractivity contribution < 1.29 is 14.5 Å². The monoisotopic (exact) mass is 577 g/mol. The van der Waals surface area contributed by atoms with Crippen molar-refractivity contribution in [1.29, 1.82) is 0 Å². The summed E-state index contributed by atoms with van der Waals surface area (Å²) in [6.45, 7) is 5.69. The van der Waals surface area contributed by atoms with Crippen LogP contribution in [0.2, 0.25) is 0 Å². The second-order valence-corrected chi connectivity index (χ2v) is 11.1. The SMILES string of the molecule is CSc1ccc2nc(N(CCN3CCOCC3)C(=O)c3ccc(N4CCCCC4)c([N+](=O)[O-])c3)sc2c1.Cl. The van der Waals surface area contributed by atoms with Gasteiger partial charge in [0.1, 0.15) is 5.69 Å². The van der Waals surface area contributed by atoms with Crippen LogP contribution in [0.4, 0.5) is 16.5 Å². The zero-order chi connectivity index (χ0) is 25.8. The highest BCUT2D eigenvalue weighted by atomic mass is 35.5. The van der Waals surface area contributed by atoms with Gasteiger partial charge in [-0.15, -0.1) is 24.2 Å². The lowest BCUT2D eigenvalue weighted by Crippen LogP contribution is -2.43. The van der Waals surface area contributed by atoms with E-state index in [1.54, 1.807) is 28.8 Å². The fourth-order valence-electron chi connectivity index (χ4n) is 4.85. The largest absolute Gasteiger partial charge is 0.379 e. The number of fused-ring (bicyclic) bond motifs is 1. The Morgan fingerprint density at radius 3 is 2.61 bits per heavy atom. The zero-order valence-electron chi connectivity index (χ0n) is 21.3. The molecule has 0 bridgehead atoms. The lowest BCUT2D eigenvalue weighted by atomic mass is 10.1. The van der Waals surface area contributed by atoms with E-state index in [1.807, 2.05) is 18.4 Å². The Bertz CT molecular complexity index is 1280. The molecular weight excluding hydrogens is 546 g/mol. The van der Waals surface area contributed by atoms with Crippen molar-refractivity contribution in [2.75, 3.05) is 68.5 Å². The number of hydrogen-bond acceptors (Lipinski definition) is 9. The number of benzene rings is 2. The molecular formula is C26H32ClN5O4S2. The number of carbonyl (C=O) groups excluding carboxylic acids is 1. The van der Waals surface area contributed by atoms with E-state index in [1.165, 1.54) is 17.4 Å². The predicted octanol–water partition coefficient (Wildman–Crippen LogP) is 5.32. The van der Waals surface area contributed by atoms with Crippen LogP contribution in [0.25, 0.3) is 10.2 Å². The van der Waals surface area contributed by atoms with Gasteiger partial charge < -0.3 is 9.64 Å². The molecule has 2 fully saturated rings. The molecule has 0 unspecified atom stereocenters. The molecule has 12 heteroatoms. The van der Waals surface area contributed by atoms with Crippen LogP contribution in [-0.2, 0) is 4.74 Å². The number of halogens is 1. The normalized spacial score (nSPS) is 16.3. The zero-order valence-corrected chi connectivity index (χ0v) is 23.8. The summed E-state index contributed by atoms with van der Waals surface area (Å²) in [7, 11) is 0. The van der Waals surface area contributed by atoms with Crippen molar-refractivity contribution in [2.45, 2.75) is 24.2 Å². The second kappa shape index (κ2) is 13.1. The number of nitro groups is 1. The molecule has 2 aliphatic heterocycles. The molecule has 3 heterocycles. The van der Waals surface area contributed by atoms with Gasteiger partial charge in [-0.1, -0.05) is 11.3 Å². The number of ether oxygens (including phenoxy) is 1. The standard InChI is InChI=1S/C26H31N5O4S2.ClH/c1-36-20-6-7-21-24(18-20)37-26(27-21)30(12-11-28-13-15-35-16-14-28)25(32)19-5-8-22(23(17-19)31(33)34)29-9-3-2-4-10-29;/h5-8,17-18H,2-4,9-16H2,1H3;1H. The highest BCUT2D eigenvalue weighted by Crippen LogP contribution is 2.35. The van der Waals surface area contributed by atoms with Gasteiger partial charge in [-0.05, 0) is 55.9 Å². The van der Waals surface area contributed by atoms with Gasteiger partial charge >= 0.3 is 0 Å². The summed E-state index contributed by atoms with van der Waals surface area (Å²) in [5.41, 5.74) is 1.72. The van der Waals surface area contributed by atoms with Crippen molar-refractivity contribution in [3.63, 3.8) is 0 Å². The van der Waals surface area contributed by atoms with Crippen LogP contribution in [-0.4, -0.2) is 79.5 Å². The van der Waals surface area contributed by atoms with Gasteiger partial charge in [0.2, 0.25) is 0 Å². The first-order chi connectivity index (χ1) is 18.0. The van der Waals surface area contributed by atoms with Crippen LogP contribution in [0.1, 0.15) is 29.6 Å². The number of nitro benzene ring substituents is 1. The topological polar surface area (TPSA) is 92.1 Å². The maximum atomic E-state index is 13.9. The Hall–Kier alpha value is -2.44. The molecule has 2 aromatic carbocycles. The summed E-state index contributed by atoms with van der Waals surface area (Å²) >= 11 is 3.14. The van der Waals surface area contributed by atoms with E-state index in [4.69, 9.17) is 9.72 Å². The molecule has 1 amide bonds. The fourth-order valence-corrected chi connectivity index (χ4v) is 6.39. The molecule has 0 N–H and O–H groups in total. The van der Waals surface area contributed by atoms with E-state index in [0.29, 0.717) is 42.7 Å². The highest BCUT2D eigenvalue weighted by Gasteiger charge is 2.27. The first-order valence-corrected chi connectivity index (χ1v) is 14.7. The van der Waals surface area contributed by atoms with Crippen LogP contribution >= 0.6 is 35.5 Å². The number of rotatable bonds is 8. The van der Waals surface area contributed by atoms with Crippen LogP contribution in [0, 0.1) is 10.1 Å². The third-order valence-electron chi connectivity index (χ3n) is 6.92. The number of thiazole rings is 1. The summed E-state index contributed by atoms with van der Waals surface area (Å²) in [6, 6.07) is 11.0. The number of hydrogen-bond donors (Lipinski definition) is 0. The quantitative estimate of drug-likeness (QED) is 0.202. The van der Waals surface area contributed by atoms with Crippen LogP contribution in [0.5, 0.6) is 0 Å². The molecule has 0 radical (unpaired) electrons. The first kappa shape index (κ1) is 28.6. The predicted molar refractivity (Wildman–Crippen MR) is 157 cm³/mol. The number of piperidine rings is 1. The molecule has 0 aliphatic carbocycles. The van der Waals surface area contributed by atoms with Gasteiger partial charge in [0.25, 0.3) is 11.6 Å². The van der Waals surface area contributed by atoms with Crippen molar-refractivity contribution in [3.05, 3.63) is 52.1 Å². The number of carbonyl (C=O) groups is 1. The number of morpholine rings is 1. The maximum Gasteiger partial charge on any atom is 0.293 e. The van der Waals surface area contributed by atoms with Gasteiger partial charge in [0, 0.05) is 55.8 Å². The number of aromatic nitrogens is 1. The summed E-state index contributed by atoms with van der Waals surface area (Å²) < 4.78 is 6.48. The van der Waals surface area contributed by atoms with Crippen molar-refractivity contribution >= 4 is 68.1 Å². The Morgan fingerprint density at radius 1 is 1.13 bits per heavy atom. The average molecular weight is 578 g/mol. The molecule has 0 saturated carbocycles. The van der Waals surface area contributed by atoms with Gasteiger partial charge in [-0.2, -0.15) is 0 Å². The lowest BCUT2D eigenvalue weighted by molar-refractivity contribution is -0.384. The Balaban J connectivity index is 0.00000336. The summed E-state index contributed by atoms with van der Waals surface area (Å²) in [5.74, 6) is -0.273. The van der Waals surface area contributed by atoms with Crippen molar-refractivity contribution in [3.8, 4) is 0 Å². The molecule has 204 valence electrons. The molecule has 2 aliphatic rings.